The van der Waals surface area contributed by atoms with Gasteiger partial charge in [0.25, 0.3) is 5.91 Å². The van der Waals surface area contributed by atoms with Crippen molar-refractivity contribution >= 4 is 22.7 Å². The van der Waals surface area contributed by atoms with Crippen LogP contribution in [0.15, 0.2) is 18.2 Å². The summed E-state index contributed by atoms with van der Waals surface area (Å²) >= 11 is 0. The van der Waals surface area contributed by atoms with Crippen LogP contribution in [0.5, 0.6) is 5.75 Å². The number of rotatable bonds is 7. The number of carbonyl (C=O) groups excluding carboxylic acids is 2. The molecule has 0 spiro atoms. The van der Waals surface area contributed by atoms with Crippen molar-refractivity contribution < 1.29 is 19.4 Å². The summed E-state index contributed by atoms with van der Waals surface area (Å²) in [6, 6.07) is 4.20. The first-order valence-corrected chi connectivity index (χ1v) is 8.24. The van der Waals surface area contributed by atoms with Crippen LogP contribution in [0.1, 0.15) is 30.3 Å². The number of nitrogens with two attached hydrogens (primary N) is 1. The zero-order valence-electron chi connectivity index (χ0n) is 14.2. The molecule has 0 aliphatic heterocycles. The summed E-state index contributed by atoms with van der Waals surface area (Å²) in [6.45, 7) is 2.06. The van der Waals surface area contributed by atoms with E-state index >= 15 is 0 Å². The minimum absolute atomic E-state index is 0.277. The Hall–Kier alpha value is -2.61. The highest BCUT2D eigenvalue weighted by atomic mass is 16.5. The summed E-state index contributed by atoms with van der Waals surface area (Å²) in [6.07, 6.45) is 1.28. The molecule has 0 radical (unpaired) electrons. The fourth-order valence-electron chi connectivity index (χ4n) is 2.67. The van der Waals surface area contributed by atoms with Gasteiger partial charge in [-0.2, -0.15) is 5.10 Å². The molecule has 4 N–H and O–H groups in total. The maximum Gasteiger partial charge on any atom is 0.270 e. The number of ether oxygens (including phenoxy) is 1. The van der Waals surface area contributed by atoms with Crippen LogP contribution in [0, 0.1) is 5.92 Å². The van der Waals surface area contributed by atoms with E-state index in [0.717, 1.165) is 0 Å². The molecular formula is C17H22N4O4. The molecule has 1 fully saturated rings. The zero-order valence-corrected chi connectivity index (χ0v) is 14.2. The fourth-order valence-corrected chi connectivity index (χ4v) is 2.67. The van der Waals surface area contributed by atoms with Gasteiger partial charge in [0.2, 0.25) is 5.91 Å². The van der Waals surface area contributed by atoms with E-state index in [1.807, 2.05) is 6.07 Å². The van der Waals surface area contributed by atoms with Crippen LogP contribution >= 0.6 is 0 Å². The second-order valence-corrected chi connectivity index (χ2v) is 6.50. The molecule has 2 atom stereocenters. The van der Waals surface area contributed by atoms with Gasteiger partial charge in [-0.15, -0.1) is 0 Å². The maximum absolute atomic E-state index is 12.6. The van der Waals surface area contributed by atoms with Gasteiger partial charge in [-0.25, -0.2) is 0 Å². The lowest BCUT2D eigenvalue weighted by Gasteiger charge is -2.18. The normalized spacial score (nSPS) is 16.4. The Morgan fingerprint density at radius 2 is 2.20 bits per heavy atom. The molecule has 2 aromatic rings. The van der Waals surface area contributed by atoms with Gasteiger partial charge in [0.1, 0.15) is 17.5 Å². The summed E-state index contributed by atoms with van der Waals surface area (Å²) < 4.78 is 7.19. The molecule has 1 aromatic carbocycles. The number of aromatic nitrogens is 2. The minimum Gasteiger partial charge on any atom is -0.493 e. The van der Waals surface area contributed by atoms with Crippen molar-refractivity contribution in [1.29, 1.82) is 0 Å². The molecule has 0 bridgehead atoms. The molecule has 0 saturated heterocycles. The predicted octanol–water partition coefficient (Wildman–Crippen LogP) is 0.327. The maximum atomic E-state index is 12.6. The number of hydrogen-bond acceptors (Lipinski definition) is 5. The van der Waals surface area contributed by atoms with Gasteiger partial charge in [0.05, 0.1) is 18.2 Å². The minimum atomic E-state index is -1.17. The van der Waals surface area contributed by atoms with E-state index in [9.17, 15) is 14.7 Å². The quantitative estimate of drug-likeness (QED) is 0.667. The lowest BCUT2D eigenvalue weighted by Crippen LogP contribution is -2.51. The highest BCUT2D eigenvalue weighted by molar-refractivity contribution is 6.06. The van der Waals surface area contributed by atoms with Gasteiger partial charge in [0, 0.05) is 12.4 Å². The molecular weight excluding hydrogens is 324 g/mol. The Labute approximate surface area is 144 Å². The van der Waals surface area contributed by atoms with Crippen molar-refractivity contribution in [3.63, 3.8) is 0 Å². The van der Waals surface area contributed by atoms with Crippen LogP contribution < -0.4 is 15.8 Å². The number of amides is 2. The number of benzene rings is 1. The highest BCUT2D eigenvalue weighted by Crippen LogP contribution is 2.30. The topological polar surface area (TPSA) is 119 Å². The van der Waals surface area contributed by atoms with Gasteiger partial charge in [-0.1, -0.05) is 0 Å². The molecule has 3 rings (SSSR count). The van der Waals surface area contributed by atoms with Gasteiger partial charge < -0.3 is 20.9 Å². The zero-order chi connectivity index (χ0) is 18.1. The molecule has 8 heteroatoms. The fraction of sp³-hybridized carbons (Fsp3) is 0.471. The highest BCUT2D eigenvalue weighted by Gasteiger charge is 2.27. The van der Waals surface area contributed by atoms with Crippen LogP contribution in [-0.4, -0.2) is 45.5 Å². The van der Waals surface area contributed by atoms with E-state index in [-0.39, 0.29) is 5.69 Å². The molecule has 1 aromatic heterocycles. The van der Waals surface area contributed by atoms with Gasteiger partial charge >= 0.3 is 0 Å². The molecule has 0 unspecified atom stereocenters. The average Bonchev–Trinajstić information content (AvgIpc) is 3.31. The Morgan fingerprint density at radius 3 is 2.80 bits per heavy atom. The largest absolute Gasteiger partial charge is 0.493 e. The van der Waals surface area contributed by atoms with Crippen molar-refractivity contribution in [3.05, 3.63) is 23.9 Å². The number of hydrogen-bond donors (Lipinski definition) is 3. The van der Waals surface area contributed by atoms with Crippen molar-refractivity contribution in [1.82, 2.24) is 15.1 Å². The lowest BCUT2D eigenvalue weighted by molar-refractivity contribution is -0.122. The summed E-state index contributed by atoms with van der Waals surface area (Å²) in [7, 11) is 1.64. The molecule has 1 saturated carbocycles. The third-order valence-electron chi connectivity index (χ3n) is 4.28. The Kier molecular flexibility index (Phi) is 4.63. The Bertz CT molecular complexity index is 810. The number of primary amides is 1. The lowest BCUT2D eigenvalue weighted by atomic mass is 10.1. The molecule has 1 aliphatic rings. The molecule has 134 valence electrons. The van der Waals surface area contributed by atoms with Crippen molar-refractivity contribution in [2.75, 3.05) is 6.61 Å². The average molecular weight is 346 g/mol. The van der Waals surface area contributed by atoms with Crippen LogP contribution in [-0.2, 0) is 11.8 Å². The molecule has 25 heavy (non-hydrogen) atoms. The third kappa shape index (κ3) is 3.74. The Morgan fingerprint density at radius 1 is 1.48 bits per heavy atom. The van der Waals surface area contributed by atoms with E-state index in [2.05, 4.69) is 10.4 Å². The van der Waals surface area contributed by atoms with Crippen molar-refractivity contribution in [3.8, 4) is 5.75 Å². The van der Waals surface area contributed by atoms with E-state index in [1.165, 1.54) is 24.4 Å². The first-order chi connectivity index (χ1) is 11.9. The SMILES string of the molecule is C[C@@H](O)[C@H](NC(=O)c1c2cc(OCC3CC3)ccc2nn1C)C(N)=O. The van der Waals surface area contributed by atoms with Crippen molar-refractivity contribution in [2.24, 2.45) is 18.7 Å². The number of carbonyl (C=O) groups is 2. The Balaban J connectivity index is 1.87. The summed E-state index contributed by atoms with van der Waals surface area (Å²) in [5.41, 5.74) is 6.15. The molecule has 2 amide bonds. The van der Waals surface area contributed by atoms with Gasteiger partial charge in [0.15, 0.2) is 0 Å². The molecule has 1 aliphatic carbocycles. The first kappa shape index (κ1) is 17.2. The summed E-state index contributed by atoms with van der Waals surface area (Å²) in [5.74, 6) is -0.0459. The van der Waals surface area contributed by atoms with Crippen LogP contribution in [0.4, 0.5) is 0 Å². The van der Waals surface area contributed by atoms with Gasteiger partial charge in [-0.3, -0.25) is 14.3 Å². The van der Waals surface area contributed by atoms with E-state index < -0.39 is 24.0 Å². The second-order valence-electron chi connectivity index (χ2n) is 6.50. The smallest absolute Gasteiger partial charge is 0.270 e. The number of fused-ring (bicyclic) bond motifs is 1. The number of aryl methyl sites for hydroxylation is 1. The molecule has 1 heterocycles. The monoisotopic (exact) mass is 346 g/mol. The van der Waals surface area contributed by atoms with Crippen LogP contribution in [0.25, 0.3) is 10.9 Å². The van der Waals surface area contributed by atoms with Crippen molar-refractivity contribution in [2.45, 2.75) is 31.9 Å². The first-order valence-electron chi connectivity index (χ1n) is 8.24. The predicted molar refractivity (Wildman–Crippen MR) is 91.1 cm³/mol. The second kappa shape index (κ2) is 6.72. The van der Waals surface area contributed by atoms with Crippen LogP contribution in [0.2, 0.25) is 0 Å². The van der Waals surface area contributed by atoms with E-state index in [0.29, 0.717) is 29.2 Å². The third-order valence-corrected chi connectivity index (χ3v) is 4.28. The number of aliphatic hydroxyl groups excluding tert-OH is 1. The molecule has 8 nitrogen and oxygen atoms in total. The van der Waals surface area contributed by atoms with E-state index in [1.54, 1.807) is 19.2 Å². The summed E-state index contributed by atoms with van der Waals surface area (Å²) in [5, 5.41) is 17.0. The summed E-state index contributed by atoms with van der Waals surface area (Å²) in [4.78, 5) is 24.0. The van der Waals surface area contributed by atoms with Gasteiger partial charge in [-0.05, 0) is 43.9 Å². The van der Waals surface area contributed by atoms with Crippen LogP contribution in [0.3, 0.4) is 0 Å². The number of nitrogens with zero attached hydrogens (tertiary/aromatic N) is 2. The standard InChI is InChI=1S/C17H22N4O4/c1-9(22)14(16(18)23)19-17(24)15-12-7-11(25-8-10-3-4-10)5-6-13(12)20-21(15)2/h5-7,9-10,14,22H,3-4,8H2,1-2H3,(H2,18,23)(H,19,24)/t9-,14+/m1/s1. The number of aliphatic hydroxyl groups is 1. The van der Waals surface area contributed by atoms with E-state index in [4.69, 9.17) is 10.5 Å². The number of nitrogens with one attached hydrogen (secondary N) is 1.